The highest BCUT2D eigenvalue weighted by molar-refractivity contribution is 7.16. The van der Waals surface area contributed by atoms with Crippen LogP contribution in [0.3, 0.4) is 0 Å². The molecule has 3 aromatic rings. The van der Waals surface area contributed by atoms with Crippen molar-refractivity contribution in [3.63, 3.8) is 0 Å². The van der Waals surface area contributed by atoms with Gasteiger partial charge in [-0.3, -0.25) is 9.59 Å². The highest BCUT2D eigenvalue weighted by atomic mass is 32.1. The van der Waals surface area contributed by atoms with E-state index in [1.165, 1.54) is 36.8 Å². The average Bonchev–Trinajstić information content (AvgIpc) is 3.22. The zero-order valence-electron chi connectivity index (χ0n) is 16.1. The third-order valence-corrected chi connectivity index (χ3v) is 5.54. The molecule has 0 saturated heterocycles. The van der Waals surface area contributed by atoms with Crippen molar-refractivity contribution in [2.45, 2.75) is 20.0 Å². The van der Waals surface area contributed by atoms with E-state index in [4.69, 9.17) is 10.5 Å². The lowest BCUT2D eigenvalue weighted by atomic mass is 10.1. The van der Waals surface area contributed by atoms with E-state index in [-0.39, 0.29) is 27.7 Å². The van der Waals surface area contributed by atoms with Crippen molar-refractivity contribution in [3.8, 4) is 11.4 Å². The second-order valence-corrected chi connectivity index (χ2v) is 7.57. The number of hydrogen-bond donors (Lipinski definition) is 2. The van der Waals surface area contributed by atoms with Crippen molar-refractivity contribution in [3.05, 3.63) is 57.7 Å². The van der Waals surface area contributed by atoms with Gasteiger partial charge in [0.05, 0.1) is 30.1 Å². The Labute approximate surface area is 173 Å². The smallest absolute Gasteiger partial charge is 0.416 e. The van der Waals surface area contributed by atoms with Crippen LogP contribution in [0.2, 0.25) is 0 Å². The van der Waals surface area contributed by atoms with Gasteiger partial charge in [-0.15, -0.1) is 11.3 Å². The molecular formula is C19H17F3N4O3S. The van der Waals surface area contributed by atoms with Crippen LogP contribution >= 0.6 is 11.3 Å². The number of aryl methyl sites for hydroxylation is 1. The number of nitrogens with two attached hydrogens (primary N) is 1. The van der Waals surface area contributed by atoms with Crippen LogP contribution in [0.5, 0.6) is 5.75 Å². The van der Waals surface area contributed by atoms with Gasteiger partial charge in [0.15, 0.2) is 11.4 Å². The first-order chi connectivity index (χ1) is 14.0. The molecule has 11 heteroatoms. The maximum absolute atomic E-state index is 13.0. The number of thiophene rings is 1. The summed E-state index contributed by atoms with van der Waals surface area (Å²) in [5.41, 5.74) is 5.35. The first-order valence-electron chi connectivity index (χ1n) is 8.55. The molecule has 2 heterocycles. The van der Waals surface area contributed by atoms with Crippen molar-refractivity contribution < 1.29 is 27.5 Å². The van der Waals surface area contributed by atoms with E-state index in [2.05, 4.69) is 10.4 Å². The van der Waals surface area contributed by atoms with Crippen molar-refractivity contribution in [1.29, 1.82) is 0 Å². The Morgan fingerprint density at radius 2 is 1.97 bits per heavy atom. The lowest BCUT2D eigenvalue weighted by molar-refractivity contribution is -0.137. The molecule has 7 nitrogen and oxygen atoms in total. The minimum Gasteiger partial charge on any atom is -0.493 e. The minimum atomic E-state index is -4.52. The van der Waals surface area contributed by atoms with E-state index in [1.807, 2.05) is 0 Å². The minimum absolute atomic E-state index is 0.0514. The second kappa shape index (κ2) is 7.82. The van der Waals surface area contributed by atoms with Crippen LogP contribution in [0.15, 0.2) is 30.5 Å². The Morgan fingerprint density at radius 1 is 1.27 bits per heavy atom. The molecule has 2 amide bonds. The lowest BCUT2D eigenvalue weighted by Crippen LogP contribution is -2.18. The molecule has 0 aliphatic rings. The predicted molar refractivity (Wildman–Crippen MR) is 105 cm³/mol. The van der Waals surface area contributed by atoms with Gasteiger partial charge >= 0.3 is 6.18 Å². The Hall–Kier alpha value is -3.34. The molecule has 2 aromatic heterocycles. The molecule has 0 bridgehead atoms. The molecule has 0 atom stereocenters. The number of nitrogens with one attached hydrogen (secondary N) is 1. The standard InChI is InChI=1S/C19H17F3N4O3S/c1-9-10(2)30-18(14(9)16(23)27)24-17(28)15-13(29-3)8-26(25-15)12-6-4-5-11(7-12)19(20,21)22/h4-8H,1-3H3,(H2,23,27)(H,24,28). The third-order valence-electron chi connectivity index (χ3n) is 4.41. The molecule has 0 radical (unpaired) electrons. The molecule has 3 N–H and O–H groups in total. The maximum atomic E-state index is 13.0. The number of primary amides is 1. The fourth-order valence-corrected chi connectivity index (χ4v) is 3.86. The summed E-state index contributed by atoms with van der Waals surface area (Å²) < 4.78 is 45.2. The summed E-state index contributed by atoms with van der Waals surface area (Å²) >= 11 is 1.18. The van der Waals surface area contributed by atoms with Crippen LogP contribution in [-0.4, -0.2) is 28.7 Å². The molecule has 30 heavy (non-hydrogen) atoms. The van der Waals surface area contributed by atoms with E-state index < -0.39 is 23.6 Å². The molecule has 158 valence electrons. The zero-order valence-corrected chi connectivity index (χ0v) is 16.9. The van der Waals surface area contributed by atoms with Crippen LogP contribution in [-0.2, 0) is 6.18 Å². The second-order valence-electron chi connectivity index (χ2n) is 6.34. The molecule has 3 rings (SSSR count). The van der Waals surface area contributed by atoms with E-state index >= 15 is 0 Å². The molecule has 0 saturated carbocycles. The van der Waals surface area contributed by atoms with Crippen LogP contribution < -0.4 is 15.8 Å². The summed E-state index contributed by atoms with van der Waals surface area (Å²) in [6, 6.07) is 4.50. The number of methoxy groups -OCH3 is 1. The van der Waals surface area contributed by atoms with E-state index in [9.17, 15) is 22.8 Å². The van der Waals surface area contributed by atoms with Crippen molar-refractivity contribution >= 4 is 28.2 Å². The Balaban J connectivity index is 1.97. The predicted octanol–water partition coefficient (Wildman–Crippen LogP) is 3.93. The van der Waals surface area contributed by atoms with E-state index in [0.29, 0.717) is 5.56 Å². The molecule has 0 spiro atoms. The summed E-state index contributed by atoms with van der Waals surface area (Å²) in [6.07, 6.45) is -3.22. The van der Waals surface area contributed by atoms with Gasteiger partial charge in [-0.1, -0.05) is 6.07 Å². The number of amides is 2. The van der Waals surface area contributed by atoms with E-state index in [0.717, 1.165) is 21.7 Å². The topological polar surface area (TPSA) is 99.2 Å². The van der Waals surface area contributed by atoms with Gasteiger partial charge in [-0.2, -0.15) is 18.3 Å². The number of benzene rings is 1. The van der Waals surface area contributed by atoms with E-state index in [1.54, 1.807) is 13.8 Å². The van der Waals surface area contributed by atoms with Crippen molar-refractivity contribution in [1.82, 2.24) is 9.78 Å². The summed E-state index contributed by atoms with van der Waals surface area (Å²) in [4.78, 5) is 25.3. The summed E-state index contributed by atoms with van der Waals surface area (Å²) in [5, 5.41) is 6.93. The summed E-state index contributed by atoms with van der Waals surface area (Å²) in [6.45, 7) is 3.50. The summed E-state index contributed by atoms with van der Waals surface area (Å²) in [7, 11) is 1.30. The molecular weight excluding hydrogens is 421 g/mol. The highest BCUT2D eigenvalue weighted by Crippen LogP contribution is 2.33. The lowest BCUT2D eigenvalue weighted by Gasteiger charge is -2.08. The Bertz CT molecular complexity index is 1130. The SMILES string of the molecule is COc1cn(-c2cccc(C(F)(F)F)c2)nc1C(=O)Nc1sc(C)c(C)c1C(N)=O. The quantitative estimate of drug-likeness (QED) is 0.631. The zero-order chi connectivity index (χ0) is 22.2. The number of carbonyl (C=O) groups excluding carboxylic acids is 2. The number of ether oxygens (including phenoxy) is 1. The average molecular weight is 438 g/mol. The van der Waals surface area contributed by atoms with Gasteiger partial charge in [-0.05, 0) is 37.6 Å². The monoisotopic (exact) mass is 438 g/mol. The number of hydrogen-bond acceptors (Lipinski definition) is 5. The summed E-state index contributed by atoms with van der Waals surface area (Å²) in [5.74, 6) is -1.33. The first-order valence-corrected chi connectivity index (χ1v) is 9.37. The maximum Gasteiger partial charge on any atom is 0.416 e. The van der Waals surface area contributed by atoms with Gasteiger partial charge in [0.25, 0.3) is 11.8 Å². The number of halogens is 3. The molecule has 1 aromatic carbocycles. The third kappa shape index (κ3) is 4.01. The Kier molecular flexibility index (Phi) is 5.57. The number of alkyl halides is 3. The van der Waals surface area contributed by atoms with Crippen molar-refractivity contribution in [2.24, 2.45) is 5.73 Å². The Morgan fingerprint density at radius 3 is 2.57 bits per heavy atom. The number of nitrogens with zero attached hydrogens (tertiary/aromatic N) is 2. The van der Waals surface area contributed by atoms with Crippen LogP contribution in [0.4, 0.5) is 18.2 Å². The number of rotatable bonds is 5. The van der Waals surface area contributed by atoms with Crippen LogP contribution in [0, 0.1) is 13.8 Å². The van der Waals surface area contributed by atoms with Crippen LogP contribution in [0.1, 0.15) is 36.9 Å². The van der Waals surface area contributed by atoms with Crippen molar-refractivity contribution in [2.75, 3.05) is 12.4 Å². The largest absolute Gasteiger partial charge is 0.493 e. The first kappa shape index (κ1) is 21.4. The van der Waals surface area contributed by atoms with Crippen LogP contribution in [0.25, 0.3) is 5.69 Å². The van der Waals surface area contributed by atoms with Gasteiger partial charge in [-0.25, -0.2) is 4.68 Å². The highest BCUT2D eigenvalue weighted by Gasteiger charge is 2.31. The van der Waals surface area contributed by atoms with Gasteiger partial charge in [0.2, 0.25) is 0 Å². The number of aromatic nitrogens is 2. The normalized spacial score (nSPS) is 11.4. The van der Waals surface area contributed by atoms with Gasteiger partial charge in [0, 0.05) is 4.88 Å². The van der Waals surface area contributed by atoms with Gasteiger partial charge in [0.1, 0.15) is 5.00 Å². The number of anilines is 1. The molecule has 0 aliphatic heterocycles. The number of carbonyl (C=O) groups is 2. The van der Waals surface area contributed by atoms with Gasteiger partial charge < -0.3 is 15.8 Å². The fourth-order valence-electron chi connectivity index (χ4n) is 2.80. The fraction of sp³-hybridized carbons (Fsp3) is 0.211. The molecule has 0 aliphatic carbocycles. The molecule has 0 fully saturated rings. The molecule has 0 unspecified atom stereocenters.